The number of rotatable bonds is 13. The van der Waals surface area contributed by atoms with Crippen molar-refractivity contribution in [3.8, 4) is 11.5 Å². The standard InChI is InChI=1S/C29H47N2O4/c1-29(33,24-10-4-2-5-11-24)15-7-3-6-12-28(32)30-25(22-31-16-8-9-17-31)20-23-13-14-26-27(21-23)35-19-18-34-26/h13-14,21,24-25,28,30,32-33H,1-12,15-20,22H2/q+1. The number of hydrogen-bond acceptors (Lipinski definition) is 6. The summed E-state index contributed by atoms with van der Waals surface area (Å²) in [6, 6.07) is 6.39. The Morgan fingerprint density at radius 1 is 1.00 bits per heavy atom. The van der Waals surface area contributed by atoms with Crippen LogP contribution in [0.2, 0.25) is 0 Å². The lowest BCUT2D eigenvalue weighted by atomic mass is 9.75. The van der Waals surface area contributed by atoms with E-state index < -0.39 is 11.8 Å². The molecule has 0 spiro atoms. The van der Waals surface area contributed by atoms with Gasteiger partial charge in [-0.2, -0.15) is 0 Å². The zero-order valence-electron chi connectivity index (χ0n) is 21.6. The first-order valence-corrected chi connectivity index (χ1v) is 14.1. The van der Waals surface area contributed by atoms with Crippen molar-refractivity contribution in [2.75, 3.05) is 32.8 Å². The van der Waals surface area contributed by atoms with Crippen molar-refractivity contribution in [3.05, 3.63) is 30.7 Å². The lowest BCUT2D eigenvalue weighted by Crippen LogP contribution is -2.46. The van der Waals surface area contributed by atoms with Crippen LogP contribution in [0.5, 0.6) is 11.5 Å². The number of unbranched alkanes of at least 4 members (excludes halogenated alkanes) is 2. The maximum Gasteiger partial charge on any atom is 0.204 e. The number of nitrogens with one attached hydrogen (secondary N) is 1. The molecule has 0 amide bonds. The third-order valence-corrected chi connectivity index (χ3v) is 8.15. The minimum Gasteiger partial charge on any atom is -0.486 e. The number of hydrogen-bond donors (Lipinski definition) is 3. The molecule has 1 aliphatic carbocycles. The topological polar surface area (TPSA) is 74.2 Å². The zero-order valence-corrected chi connectivity index (χ0v) is 21.6. The van der Waals surface area contributed by atoms with Crippen LogP contribution in [0.1, 0.15) is 82.6 Å². The van der Waals surface area contributed by atoms with Gasteiger partial charge in [0.25, 0.3) is 0 Å². The van der Waals surface area contributed by atoms with Crippen LogP contribution in [0, 0.1) is 12.8 Å². The van der Waals surface area contributed by atoms with E-state index in [0.29, 0.717) is 19.1 Å². The second-order valence-corrected chi connectivity index (χ2v) is 11.1. The highest BCUT2D eigenvalue weighted by Crippen LogP contribution is 2.35. The first-order valence-electron chi connectivity index (χ1n) is 14.1. The molecule has 35 heavy (non-hydrogen) atoms. The van der Waals surface area contributed by atoms with Gasteiger partial charge in [-0.25, -0.2) is 0 Å². The lowest BCUT2D eigenvalue weighted by molar-refractivity contribution is -0.00162. The van der Waals surface area contributed by atoms with Crippen LogP contribution in [0.15, 0.2) is 18.2 Å². The molecule has 196 valence electrons. The predicted octanol–water partition coefficient (Wildman–Crippen LogP) is 4.47. The van der Waals surface area contributed by atoms with Crippen molar-refractivity contribution in [2.24, 2.45) is 5.92 Å². The highest BCUT2D eigenvalue weighted by atomic mass is 16.6. The van der Waals surface area contributed by atoms with Gasteiger partial charge in [0.15, 0.2) is 11.5 Å². The quantitative estimate of drug-likeness (QED) is 0.217. The molecule has 1 saturated heterocycles. The van der Waals surface area contributed by atoms with Gasteiger partial charge < -0.3 is 24.6 Å². The number of aliphatic hydroxyl groups is 2. The van der Waals surface area contributed by atoms with Crippen molar-refractivity contribution < 1.29 is 19.7 Å². The van der Waals surface area contributed by atoms with Crippen molar-refractivity contribution in [2.45, 2.75) is 101 Å². The van der Waals surface area contributed by atoms with Crippen LogP contribution in [0.3, 0.4) is 0 Å². The summed E-state index contributed by atoms with van der Waals surface area (Å²) in [5, 5.41) is 25.1. The van der Waals surface area contributed by atoms with Gasteiger partial charge >= 0.3 is 0 Å². The largest absolute Gasteiger partial charge is 0.486 e. The molecule has 3 aliphatic rings. The third-order valence-electron chi connectivity index (χ3n) is 8.15. The van der Waals surface area contributed by atoms with Gasteiger partial charge in [0.2, 0.25) is 5.60 Å². The van der Waals surface area contributed by atoms with E-state index in [1.807, 2.05) is 6.07 Å². The number of ether oxygens (including phenoxy) is 2. The van der Waals surface area contributed by atoms with Gasteiger partial charge in [0, 0.05) is 24.9 Å². The van der Waals surface area contributed by atoms with Crippen LogP contribution < -0.4 is 14.8 Å². The van der Waals surface area contributed by atoms with E-state index in [2.05, 4.69) is 29.3 Å². The number of likely N-dealkylation sites (tertiary alicyclic amines) is 1. The Bertz CT molecular complexity index is 759. The number of fused-ring (bicyclic) bond motifs is 1. The molecule has 4 rings (SSSR count). The summed E-state index contributed by atoms with van der Waals surface area (Å²) >= 11 is 0. The van der Waals surface area contributed by atoms with Crippen molar-refractivity contribution >= 4 is 0 Å². The minimum atomic E-state index is -0.776. The van der Waals surface area contributed by atoms with Crippen molar-refractivity contribution in [1.82, 2.24) is 10.2 Å². The van der Waals surface area contributed by atoms with Crippen LogP contribution in [-0.4, -0.2) is 65.8 Å². The van der Waals surface area contributed by atoms with E-state index in [4.69, 9.17) is 9.47 Å². The maximum atomic E-state index is 10.8. The highest BCUT2D eigenvalue weighted by Gasteiger charge is 2.38. The van der Waals surface area contributed by atoms with E-state index in [0.717, 1.165) is 82.5 Å². The summed E-state index contributed by atoms with van der Waals surface area (Å²) in [5.41, 5.74) is 0.428. The molecule has 6 heteroatoms. The Hall–Kier alpha value is -1.47. The lowest BCUT2D eigenvalue weighted by Gasteiger charge is -2.30. The van der Waals surface area contributed by atoms with E-state index in [-0.39, 0.29) is 6.04 Å². The van der Waals surface area contributed by atoms with Crippen LogP contribution in [0.4, 0.5) is 0 Å². The summed E-state index contributed by atoms with van der Waals surface area (Å²) in [6.07, 6.45) is 13.3. The maximum absolute atomic E-state index is 10.8. The Labute approximate surface area is 212 Å². The van der Waals surface area contributed by atoms with Gasteiger partial charge in [0.1, 0.15) is 19.4 Å². The molecule has 2 aliphatic heterocycles. The van der Waals surface area contributed by atoms with Crippen molar-refractivity contribution in [1.29, 1.82) is 0 Å². The van der Waals surface area contributed by atoms with E-state index in [1.54, 1.807) is 0 Å². The molecule has 0 radical (unpaired) electrons. The average molecular weight is 488 g/mol. The summed E-state index contributed by atoms with van der Waals surface area (Å²) in [7, 11) is 0. The average Bonchev–Trinajstić information content (AvgIpc) is 3.37. The first-order chi connectivity index (χ1) is 17.0. The summed E-state index contributed by atoms with van der Waals surface area (Å²) < 4.78 is 11.4. The number of aliphatic hydroxyl groups excluding tert-OH is 1. The van der Waals surface area contributed by atoms with Crippen LogP contribution in [0.25, 0.3) is 0 Å². The Morgan fingerprint density at radius 3 is 2.51 bits per heavy atom. The van der Waals surface area contributed by atoms with E-state index in [9.17, 15) is 10.2 Å². The second kappa shape index (κ2) is 13.2. The number of benzene rings is 1. The van der Waals surface area contributed by atoms with E-state index in [1.165, 1.54) is 37.7 Å². The summed E-state index contributed by atoms with van der Waals surface area (Å²) in [4.78, 5) is 2.50. The molecule has 0 aromatic heterocycles. The highest BCUT2D eigenvalue weighted by molar-refractivity contribution is 5.44. The molecule has 2 fully saturated rings. The normalized spacial score (nSPS) is 22.6. The monoisotopic (exact) mass is 487 g/mol. The predicted molar refractivity (Wildman–Crippen MR) is 140 cm³/mol. The van der Waals surface area contributed by atoms with Gasteiger partial charge in [-0.05, 0) is 82.2 Å². The molecule has 2 heterocycles. The fourth-order valence-corrected chi connectivity index (χ4v) is 6.10. The summed E-state index contributed by atoms with van der Waals surface area (Å²) in [5.74, 6) is 2.00. The SMILES string of the molecule is [CH2+]C(O)(CCCCCC(O)NC(Cc1ccc2c(c1)OCCO2)CN1CCCC1)C1CCCCC1. The molecule has 6 nitrogen and oxygen atoms in total. The molecule has 1 aromatic rings. The number of nitrogens with zero attached hydrogens (tertiary/aromatic N) is 1. The molecule has 3 N–H and O–H groups in total. The fraction of sp³-hybridized carbons (Fsp3) is 0.759. The molecule has 3 unspecified atom stereocenters. The van der Waals surface area contributed by atoms with Gasteiger partial charge in [-0.3, -0.25) is 5.32 Å². The fourth-order valence-electron chi connectivity index (χ4n) is 6.10. The minimum absolute atomic E-state index is 0.182. The Balaban J connectivity index is 1.21. The molecule has 1 aromatic carbocycles. The molecular weight excluding hydrogens is 440 g/mol. The molecule has 1 saturated carbocycles. The van der Waals surface area contributed by atoms with Gasteiger partial charge in [0.05, 0.1) is 6.92 Å². The Kier molecular flexibility index (Phi) is 10.0. The molecular formula is C29H47N2O4+. The van der Waals surface area contributed by atoms with Gasteiger partial charge in [-0.15, -0.1) is 0 Å². The summed E-state index contributed by atoms with van der Waals surface area (Å²) in [6.45, 7) is 8.58. The first kappa shape index (κ1) is 26.6. The van der Waals surface area contributed by atoms with E-state index >= 15 is 0 Å². The van der Waals surface area contributed by atoms with Gasteiger partial charge in [-0.1, -0.05) is 31.7 Å². The smallest absolute Gasteiger partial charge is 0.204 e. The van der Waals surface area contributed by atoms with Crippen molar-refractivity contribution in [3.63, 3.8) is 0 Å². The zero-order chi connectivity index (χ0) is 24.5. The second-order valence-electron chi connectivity index (χ2n) is 11.1. The molecule has 0 bridgehead atoms. The third kappa shape index (κ3) is 8.28. The molecule has 3 atom stereocenters. The Morgan fingerprint density at radius 2 is 1.74 bits per heavy atom. The van der Waals surface area contributed by atoms with Crippen LogP contribution in [-0.2, 0) is 6.42 Å². The van der Waals surface area contributed by atoms with Crippen LogP contribution >= 0.6 is 0 Å².